The van der Waals surface area contributed by atoms with E-state index in [0.29, 0.717) is 13.1 Å². The molecule has 2 fully saturated rings. The van der Waals surface area contributed by atoms with Crippen molar-refractivity contribution < 1.29 is 8.42 Å². The van der Waals surface area contributed by atoms with Gasteiger partial charge in [-0.25, -0.2) is 13.4 Å². The van der Waals surface area contributed by atoms with E-state index in [1.807, 2.05) is 13.8 Å². The van der Waals surface area contributed by atoms with Crippen LogP contribution in [0.2, 0.25) is 5.28 Å². The van der Waals surface area contributed by atoms with Gasteiger partial charge in [0.1, 0.15) is 0 Å². The van der Waals surface area contributed by atoms with E-state index in [4.69, 9.17) is 11.6 Å². The third-order valence-corrected chi connectivity index (χ3v) is 7.55. The summed E-state index contributed by atoms with van der Waals surface area (Å²) in [5.41, 5.74) is 0.887. The molecule has 0 atom stereocenters. The molecule has 1 N–H and O–H groups in total. The Morgan fingerprint density at radius 1 is 1.10 bits per heavy atom. The van der Waals surface area contributed by atoms with Gasteiger partial charge < -0.3 is 10.2 Å². The average molecular weight is 461 g/mol. The van der Waals surface area contributed by atoms with Crippen molar-refractivity contribution in [3.63, 3.8) is 0 Å². The lowest BCUT2D eigenvalue weighted by Gasteiger charge is -2.32. The van der Waals surface area contributed by atoms with Crippen LogP contribution in [0.4, 0.5) is 5.82 Å². The van der Waals surface area contributed by atoms with Crippen molar-refractivity contribution in [2.24, 2.45) is 0 Å². The quantitative estimate of drug-likeness (QED) is 0.697. The minimum absolute atomic E-state index is 0.280. The Morgan fingerprint density at radius 3 is 2.38 bits per heavy atom. The van der Waals surface area contributed by atoms with Crippen molar-refractivity contribution >= 4 is 49.0 Å². The predicted molar refractivity (Wildman–Crippen MR) is 121 cm³/mol. The van der Waals surface area contributed by atoms with E-state index in [0.717, 1.165) is 61.8 Å². The first-order valence-electron chi connectivity index (χ1n) is 9.99. The Morgan fingerprint density at radius 2 is 1.76 bits per heavy atom. The Kier molecular flexibility index (Phi) is 7.69. The largest absolute Gasteiger partial charge is 0.353 e. The molecule has 29 heavy (non-hydrogen) atoms. The van der Waals surface area contributed by atoms with E-state index in [1.165, 1.54) is 11.1 Å². The number of nitrogens with zero attached hydrogens (tertiary/aromatic N) is 5. The lowest BCUT2D eigenvalue weighted by molar-refractivity contribution is 0.183. The van der Waals surface area contributed by atoms with Crippen molar-refractivity contribution in [1.82, 2.24) is 24.5 Å². The number of nitrogens with one attached hydrogen (secondary N) is 1. The van der Waals surface area contributed by atoms with Gasteiger partial charge >= 0.3 is 0 Å². The minimum atomic E-state index is -3.10. The monoisotopic (exact) mass is 460 g/mol. The topological polar surface area (TPSA) is 81.7 Å². The van der Waals surface area contributed by atoms with E-state index >= 15 is 0 Å². The van der Waals surface area contributed by atoms with Gasteiger partial charge in [-0.2, -0.15) is 9.29 Å². The van der Waals surface area contributed by atoms with E-state index in [9.17, 15) is 8.42 Å². The number of piperazine rings is 2. The van der Waals surface area contributed by atoms with Gasteiger partial charge in [0.15, 0.2) is 5.82 Å². The molecule has 0 radical (unpaired) electrons. The molecule has 2 aromatic rings. The van der Waals surface area contributed by atoms with Gasteiger partial charge in [0.25, 0.3) is 0 Å². The fourth-order valence-corrected chi connectivity index (χ4v) is 5.70. The van der Waals surface area contributed by atoms with E-state index in [2.05, 4.69) is 31.2 Å². The molecule has 0 unspecified atom stereocenters. The fraction of sp³-hybridized carbons (Fsp3) is 0.667. The molecule has 8 nitrogen and oxygen atoms in total. The molecule has 0 bridgehead atoms. The van der Waals surface area contributed by atoms with Crippen molar-refractivity contribution in [2.75, 3.05) is 63.5 Å². The number of aromatic nitrogens is 2. The molecule has 162 valence electrons. The highest BCUT2D eigenvalue weighted by Gasteiger charge is 2.24. The van der Waals surface area contributed by atoms with Gasteiger partial charge in [-0.1, -0.05) is 13.8 Å². The standard InChI is InChI=1S/C16H23ClN6O2S2.C2H6/c1-27(24,25)23-8-6-21(7-9-23)11-12-10-13-14(26-12)15(20-16(17)19-13)22-4-2-18-3-5-22;1-2/h10,18H,2-9,11H2,1H3;1-2H3. The summed E-state index contributed by atoms with van der Waals surface area (Å²) in [6.07, 6.45) is 1.27. The number of hydrogen-bond acceptors (Lipinski definition) is 8. The highest BCUT2D eigenvalue weighted by Crippen LogP contribution is 2.33. The number of anilines is 1. The highest BCUT2D eigenvalue weighted by molar-refractivity contribution is 7.88. The normalized spacial score (nSPS) is 19.2. The van der Waals surface area contributed by atoms with Gasteiger partial charge in [0.05, 0.1) is 16.5 Å². The first kappa shape index (κ1) is 22.6. The molecule has 2 aliphatic heterocycles. The highest BCUT2D eigenvalue weighted by atomic mass is 35.5. The van der Waals surface area contributed by atoms with Crippen LogP contribution in [0.1, 0.15) is 18.7 Å². The summed E-state index contributed by atoms with van der Waals surface area (Å²) in [6, 6.07) is 2.09. The summed E-state index contributed by atoms with van der Waals surface area (Å²) < 4.78 is 25.9. The van der Waals surface area contributed by atoms with Crippen molar-refractivity contribution in [3.05, 3.63) is 16.2 Å². The van der Waals surface area contributed by atoms with Crippen LogP contribution in [0, 0.1) is 0 Å². The number of rotatable bonds is 4. The van der Waals surface area contributed by atoms with Gasteiger partial charge in [-0.05, 0) is 17.7 Å². The third-order valence-electron chi connectivity index (χ3n) is 4.97. The number of fused-ring (bicyclic) bond motifs is 1. The SMILES string of the molecule is CC.CS(=O)(=O)N1CCN(Cc2cc3nc(Cl)nc(N4CCNCC4)c3s2)CC1. The second-order valence-electron chi connectivity index (χ2n) is 6.92. The Labute approximate surface area is 181 Å². The molecule has 2 aromatic heterocycles. The second kappa shape index (κ2) is 9.84. The number of halogens is 1. The van der Waals surface area contributed by atoms with Crippen LogP contribution in [0.5, 0.6) is 0 Å². The van der Waals surface area contributed by atoms with E-state index < -0.39 is 10.0 Å². The second-order valence-corrected chi connectivity index (χ2v) is 10.4. The number of sulfonamides is 1. The smallest absolute Gasteiger partial charge is 0.224 e. The zero-order chi connectivity index (χ0) is 21.0. The van der Waals surface area contributed by atoms with Gasteiger partial charge in [-0.15, -0.1) is 11.3 Å². The van der Waals surface area contributed by atoms with Crippen LogP contribution < -0.4 is 10.2 Å². The molecule has 11 heteroatoms. The maximum absolute atomic E-state index is 11.7. The van der Waals surface area contributed by atoms with Crippen molar-refractivity contribution in [2.45, 2.75) is 20.4 Å². The van der Waals surface area contributed by atoms with Crippen LogP contribution in [0.3, 0.4) is 0 Å². The van der Waals surface area contributed by atoms with Gasteiger partial charge in [0, 0.05) is 63.8 Å². The Balaban J connectivity index is 0.00000117. The predicted octanol–water partition coefficient (Wildman–Crippen LogP) is 1.86. The molecule has 0 aromatic carbocycles. The van der Waals surface area contributed by atoms with Gasteiger partial charge in [-0.3, -0.25) is 4.90 Å². The van der Waals surface area contributed by atoms with E-state index in [1.54, 1.807) is 15.6 Å². The third kappa shape index (κ3) is 5.56. The average Bonchev–Trinajstić information content (AvgIpc) is 3.11. The molecule has 0 spiro atoms. The molecule has 0 aliphatic carbocycles. The maximum Gasteiger partial charge on any atom is 0.224 e. The molecular weight excluding hydrogens is 432 g/mol. The maximum atomic E-state index is 11.7. The first-order valence-corrected chi connectivity index (χ1v) is 13.0. The molecule has 0 saturated carbocycles. The zero-order valence-corrected chi connectivity index (χ0v) is 19.6. The molecule has 0 amide bonds. The summed E-state index contributed by atoms with van der Waals surface area (Å²) in [4.78, 5) is 14.6. The first-order chi connectivity index (χ1) is 13.9. The van der Waals surface area contributed by atoms with Crippen LogP contribution in [-0.4, -0.2) is 86.2 Å². The van der Waals surface area contributed by atoms with Crippen LogP contribution in [0.25, 0.3) is 10.2 Å². The molecule has 2 saturated heterocycles. The zero-order valence-electron chi connectivity index (χ0n) is 17.2. The number of thiophene rings is 1. The molecule has 2 aliphatic rings. The molecule has 4 rings (SSSR count). The van der Waals surface area contributed by atoms with Crippen LogP contribution in [-0.2, 0) is 16.6 Å². The Hall–Kier alpha value is -1.04. The van der Waals surface area contributed by atoms with Crippen molar-refractivity contribution in [1.29, 1.82) is 0 Å². The lowest BCUT2D eigenvalue weighted by atomic mass is 10.3. The van der Waals surface area contributed by atoms with Crippen LogP contribution >= 0.6 is 22.9 Å². The number of hydrogen-bond donors (Lipinski definition) is 1. The summed E-state index contributed by atoms with van der Waals surface area (Å²) in [5.74, 6) is 0.921. The summed E-state index contributed by atoms with van der Waals surface area (Å²) >= 11 is 7.88. The fourth-order valence-electron chi connectivity index (χ4n) is 3.55. The Bertz CT molecular complexity index is 922. The van der Waals surface area contributed by atoms with Gasteiger partial charge in [0.2, 0.25) is 15.3 Å². The molecule has 4 heterocycles. The summed E-state index contributed by atoms with van der Waals surface area (Å²) in [7, 11) is -3.10. The lowest BCUT2D eigenvalue weighted by Crippen LogP contribution is -2.47. The van der Waals surface area contributed by atoms with Crippen LogP contribution in [0.15, 0.2) is 6.07 Å². The van der Waals surface area contributed by atoms with Crippen molar-refractivity contribution in [3.8, 4) is 0 Å². The molecular formula is C18H29ClN6O2S2. The minimum Gasteiger partial charge on any atom is -0.353 e. The summed E-state index contributed by atoms with van der Waals surface area (Å²) in [5, 5.41) is 3.63. The summed E-state index contributed by atoms with van der Waals surface area (Å²) in [6.45, 7) is 11.0. The van der Waals surface area contributed by atoms with E-state index in [-0.39, 0.29) is 5.28 Å².